The molecule has 5 heteroatoms. The highest BCUT2D eigenvalue weighted by molar-refractivity contribution is 6.48. The van der Waals surface area contributed by atoms with Gasteiger partial charge in [-0.05, 0) is 34.3 Å². The summed E-state index contributed by atoms with van der Waals surface area (Å²) in [7, 11) is 1.15. The minimum absolute atomic E-state index is 0.694. The first-order valence-electron chi connectivity index (χ1n) is 7.42. The van der Waals surface area contributed by atoms with Gasteiger partial charge in [0.1, 0.15) is 0 Å². The molecule has 0 unspecified atom stereocenters. The van der Waals surface area contributed by atoms with E-state index in [9.17, 15) is 5.02 Å². The standard InChI is InChI=1S/C17H18BClNO2/c19-15-3-1-2-14(11-15)16-10-13(4-5-17(16)18-21)12-20-6-8-22-9-7-20/h1-5,10-11,21H,6-9,12H2. The van der Waals surface area contributed by atoms with Gasteiger partial charge in [0.2, 0.25) is 0 Å². The number of rotatable bonds is 4. The maximum Gasteiger partial charge on any atom is 0.327 e. The van der Waals surface area contributed by atoms with E-state index in [4.69, 9.17) is 16.3 Å². The van der Waals surface area contributed by atoms with Crippen molar-refractivity contribution in [2.75, 3.05) is 26.3 Å². The first-order valence-corrected chi connectivity index (χ1v) is 7.80. The number of ether oxygens (including phenoxy) is 1. The van der Waals surface area contributed by atoms with Crippen molar-refractivity contribution in [3.8, 4) is 11.1 Å². The Kier molecular flexibility index (Phi) is 5.16. The number of morpholine rings is 1. The third-order valence-corrected chi connectivity index (χ3v) is 4.14. The molecule has 2 aromatic carbocycles. The molecule has 1 saturated heterocycles. The zero-order valence-electron chi connectivity index (χ0n) is 12.3. The Morgan fingerprint density at radius 3 is 2.68 bits per heavy atom. The summed E-state index contributed by atoms with van der Waals surface area (Å²) in [6.45, 7) is 4.40. The zero-order chi connectivity index (χ0) is 15.4. The van der Waals surface area contributed by atoms with E-state index in [1.807, 2.05) is 30.3 Å². The fraction of sp³-hybridized carbons (Fsp3) is 0.294. The van der Waals surface area contributed by atoms with Crippen LogP contribution in [0.25, 0.3) is 11.1 Å². The highest BCUT2D eigenvalue weighted by atomic mass is 35.5. The highest BCUT2D eigenvalue weighted by Crippen LogP contribution is 2.23. The van der Waals surface area contributed by atoms with E-state index in [0.29, 0.717) is 5.02 Å². The molecule has 2 aromatic rings. The van der Waals surface area contributed by atoms with Crippen molar-refractivity contribution in [1.29, 1.82) is 0 Å². The van der Waals surface area contributed by atoms with Crippen molar-refractivity contribution in [1.82, 2.24) is 4.90 Å². The maximum absolute atomic E-state index is 9.48. The van der Waals surface area contributed by atoms with Crippen LogP contribution in [0.5, 0.6) is 0 Å². The minimum Gasteiger partial charge on any atom is -0.450 e. The molecule has 0 spiro atoms. The summed E-state index contributed by atoms with van der Waals surface area (Å²) in [5, 5.41) is 10.2. The largest absolute Gasteiger partial charge is 0.450 e. The van der Waals surface area contributed by atoms with Crippen LogP contribution in [0.4, 0.5) is 0 Å². The maximum atomic E-state index is 9.48. The summed E-state index contributed by atoms with van der Waals surface area (Å²) in [4.78, 5) is 2.38. The van der Waals surface area contributed by atoms with Crippen LogP contribution in [0.15, 0.2) is 42.5 Å². The predicted octanol–water partition coefficient (Wildman–Crippen LogP) is 2.08. The van der Waals surface area contributed by atoms with Gasteiger partial charge in [0.15, 0.2) is 0 Å². The van der Waals surface area contributed by atoms with E-state index in [1.165, 1.54) is 5.56 Å². The van der Waals surface area contributed by atoms with E-state index in [0.717, 1.165) is 56.9 Å². The Hall–Kier alpha value is -1.33. The lowest BCUT2D eigenvalue weighted by atomic mass is 9.81. The number of hydrogen-bond donors (Lipinski definition) is 1. The van der Waals surface area contributed by atoms with Crippen molar-refractivity contribution in [3.63, 3.8) is 0 Å². The number of hydrogen-bond acceptors (Lipinski definition) is 3. The first-order chi connectivity index (χ1) is 10.8. The summed E-state index contributed by atoms with van der Waals surface area (Å²) in [5.41, 5.74) is 4.03. The molecule has 0 aromatic heterocycles. The van der Waals surface area contributed by atoms with Gasteiger partial charge in [0, 0.05) is 24.7 Å². The Balaban J connectivity index is 1.89. The van der Waals surface area contributed by atoms with Crippen LogP contribution >= 0.6 is 11.6 Å². The Labute approximate surface area is 136 Å². The molecule has 0 amide bonds. The van der Waals surface area contributed by atoms with Gasteiger partial charge in [-0.3, -0.25) is 4.90 Å². The molecule has 113 valence electrons. The van der Waals surface area contributed by atoms with E-state index < -0.39 is 0 Å². The monoisotopic (exact) mass is 314 g/mol. The topological polar surface area (TPSA) is 32.7 Å². The molecule has 1 N–H and O–H groups in total. The van der Waals surface area contributed by atoms with Crippen LogP contribution < -0.4 is 5.46 Å². The third-order valence-electron chi connectivity index (χ3n) is 3.90. The lowest BCUT2D eigenvalue weighted by Gasteiger charge is -2.27. The van der Waals surface area contributed by atoms with Crippen LogP contribution in [0.1, 0.15) is 5.56 Å². The Bertz CT molecular complexity index is 644. The molecule has 22 heavy (non-hydrogen) atoms. The molecule has 1 fully saturated rings. The van der Waals surface area contributed by atoms with E-state index >= 15 is 0 Å². The molecule has 0 saturated carbocycles. The van der Waals surface area contributed by atoms with Crippen LogP contribution in [-0.4, -0.2) is 43.7 Å². The molecule has 1 aliphatic rings. The minimum atomic E-state index is 0.694. The number of benzene rings is 2. The average Bonchev–Trinajstić information content (AvgIpc) is 2.56. The summed E-state index contributed by atoms with van der Waals surface area (Å²) >= 11 is 6.09. The van der Waals surface area contributed by atoms with Crippen molar-refractivity contribution in [2.24, 2.45) is 0 Å². The quantitative estimate of drug-likeness (QED) is 0.877. The second-order valence-electron chi connectivity index (χ2n) is 5.45. The van der Waals surface area contributed by atoms with Gasteiger partial charge < -0.3 is 9.76 Å². The second kappa shape index (κ2) is 7.29. The van der Waals surface area contributed by atoms with Crippen molar-refractivity contribution in [2.45, 2.75) is 6.54 Å². The Morgan fingerprint density at radius 2 is 1.95 bits per heavy atom. The Morgan fingerprint density at radius 1 is 1.14 bits per heavy atom. The van der Waals surface area contributed by atoms with Gasteiger partial charge in [-0.2, -0.15) is 0 Å². The highest BCUT2D eigenvalue weighted by Gasteiger charge is 2.13. The average molecular weight is 315 g/mol. The molecule has 0 aliphatic carbocycles. The molecule has 0 atom stereocenters. The fourth-order valence-corrected chi connectivity index (χ4v) is 2.93. The van der Waals surface area contributed by atoms with Crippen molar-refractivity contribution >= 4 is 24.5 Å². The van der Waals surface area contributed by atoms with E-state index in [-0.39, 0.29) is 0 Å². The van der Waals surface area contributed by atoms with Gasteiger partial charge in [0.05, 0.1) is 13.2 Å². The SMILES string of the molecule is O[B]c1ccc(CN2CCOCC2)cc1-c1cccc(Cl)c1. The molecular weight excluding hydrogens is 296 g/mol. The molecule has 1 radical (unpaired) electrons. The van der Waals surface area contributed by atoms with Gasteiger partial charge in [0.25, 0.3) is 0 Å². The van der Waals surface area contributed by atoms with Gasteiger partial charge in [-0.15, -0.1) is 0 Å². The second-order valence-corrected chi connectivity index (χ2v) is 5.89. The van der Waals surface area contributed by atoms with Gasteiger partial charge in [-0.25, -0.2) is 0 Å². The molecular formula is C17H18BClNO2. The molecule has 3 nitrogen and oxygen atoms in total. The van der Waals surface area contributed by atoms with E-state index in [1.54, 1.807) is 0 Å². The lowest BCUT2D eigenvalue weighted by Crippen LogP contribution is -2.35. The zero-order valence-corrected chi connectivity index (χ0v) is 13.1. The molecule has 0 bridgehead atoms. The normalized spacial score (nSPS) is 15.7. The van der Waals surface area contributed by atoms with E-state index in [2.05, 4.69) is 17.0 Å². The predicted molar refractivity (Wildman–Crippen MR) is 90.6 cm³/mol. The van der Waals surface area contributed by atoms with Gasteiger partial charge >= 0.3 is 7.48 Å². The fourth-order valence-electron chi connectivity index (χ4n) is 2.74. The van der Waals surface area contributed by atoms with Crippen LogP contribution in [0.3, 0.4) is 0 Å². The third kappa shape index (κ3) is 3.71. The smallest absolute Gasteiger partial charge is 0.327 e. The first kappa shape index (κ1) is 15.6. The summed E-state index contributed by atoms with van der Waals surface area (Å²) < 4.78 is 5.39. The van der Waals surface area contributed by atoms with Crippen LogP contribution in [-0.2, 0) is 11.3 Å². The summed E-state index contributed by atoms with van der Waals surface area (Å²) in [6, 6.07) is 13.8. The number of halogens is 1. The number of nitrogens with zero attached hydrogens (tertiary/aromatic N) is 1. The van der Waals surface area contributed by atoms with Crippen molar-refractivity contribution in [3.05, 3.63) is 53.1 Å². The summed E-state index contributed by atoms with van der Waals surface area (Å²) in [5.74, 6) is 0. The van der Waals surface area contributed by atoms with Gasteiger partial charge in [-0.1, -0.05) is 41.9 Å². The van der Waals surface area contributed by atoms with Crippen molar-refractivity contribution < 1.29 is 9.76 Å². The molecule has 1 aliphatic heterocycles. The van der Waals surface area contributed by atoms with Crippen LogP contribution in [0.2, 0.25) is 5.02 Å². The molecule has 1 heterocycles. The summed E-state index contributed by atoms with van der Waals surface area (Å²) in [6.07, 6.45) is 0. The lowest BCUT2D eigenvalue weighted by molar-refractivity contribution is 0.0342. The van der Waals surface area contributed by atoms with Crippen LogP contribution in [0, 0.1) is 0 Å². The molecule has 3 rings (SSSR count).